The Labute approximate surface area is 116 Å². The summed E-state index contributed by atoms with van der Waals surface area (Å²) in [5.41, 5.74) is 0.647. The molecule has 1 aromatic rings. The van der Waals surface area contributed by atoms with Gasteiger partial charge >= 0.3 is 5.97 Å². The van der Waals surface area contributed by atoms with Crippen LogP contribution in [0.3, 0.4) is 0 Å². The lowest BCUT2D eigenvalue weighted by molar-refractivity contribution is -0.145. The van der Waals surface area contributed by atoms with Gasteiger partial charge in [0.15, 0.2) is 11.6 Å². The lowest BCUT2D eigenvalue weighted by Crippen LogP contribution is -2.38. The number of aliphatic hydroxyl groups is 1. The number of likely N-dealkylation sites (tertiary alicyclic amines) is 1. The summed E-state index contributed by atoms with van der Waals surface area (Å²) in [6.45, 7) is 0.853. The Morgan fingerprint density at radius 1 is 1.45 bits per heavy atom. The number of rotatable bonds is 4. The molecule has 0 aliphatic carbocycles. The molecule has 0 radical (unpaired) electrons. The predicted octanol–water partition coefficient (Wildman–Crippen LogP) is 1.12. The van der Waals surface area contributed by atoms with Crippen molar-refractivity contribution in [1.29, 1.82) is 0 Å². The molecular formula is C14H17F2NO3. The molecule has 110 valence electrons. The van der Waals surface area contributed by atoms with Crippen LogP contribution >= 0.6 is 0 Å². The number of hydrogen-bond acceptors (Lipinski definition) is 4. The van der Waals surface area contributed by atoms with Crippen molar-refractivity contribution in [2.45, 2.75) is 25.0 Å². The Balaban J connectivity index is 1.98. The molecule has 0 saturated carbocycles. The van der Waals surface area contributed by atoms with Crippen molar-refractivity contribution in [2.75, 3.05) is 20.2 Å². The highest BCUT2D eigenvalue weighted by Gasteiger charge is 2.36. The number of carbonyl (C=O) groups excluding carboxylic acids is 1. The summed E-state index contributed by atoms with van der Waals surface area (Å²) >= 11 is 0. The smallest absolute Gasteiger partial charge is 0.323 e. The molecular weight excluding hydrogens is 268 g/mol. The van der Waals surface area contributed by atoms with E-state index in [1.165, 1.54) is 13.2 Å². The van der Waals surface area contributed by atoms with E-state index in [0.29, 0.717) is 31.5 Å². The fourth-order valence-electron chi connectivity index (χ4n) is 2.48. The van der Waals surface area contributed by atoms with Crippen LogP contribution in [0.2, 0.25) is 0 Å². The molecule has 6 heteroatoms. The maximum absolute atomic E-state index is 13.1. The fraction of sp³-hybridized carbons (Fsp3) is 0.500. The summed E-state index contributed by atoms with van der Waals surface area (Å²) in [5, 5.41) is 9.63. The largest absolute Gasteiger partial charge is 0.468 e. The summed E-state index contributed by atoms with van der Waals surface area (Å²) in [7, 11) is 1.31. The highest BCUT2D eigenvalue weighted by Crippen LogP contribution is 2.20. The molecule has 1 fully saturated rings. The van der Waals surface area contributed by atoms with E-state index >= 15 is 0 Å². The standard InChI is InChI=1S/C14H17F2NO3/c1-20-14(19)13-7-10(18)8-17(13)5-4-9-2-3-11(15)12(16)6-9/h2-3,6,10,13,18H,4-5,7-8H2,1H3/t10-,13-/m1/s1. The van der Waals surface area contributed by atoms with E-state index < -0.39 is 23.8 Å². The number of β-amino-alcohol motifs (C(OH)–C–C–N with tert-alkyl or cyclic N) is 1. The Morgan fingerprint density at radius 2 is 2.20 bits per heavy atom. The van der Waals surface area contributed by atoms with Gasteiger partial charge in [-0.1, -0.05) is 6.07 Å². The van der Waals surface area contributed by atoms with E-state index in [1.807, 2.05) is 0 Å². The molecule has 0 aromatic heterocycles. The number of carbonyl (C=O) groups is 1. The van der Waals surface area contributed by atoms with Crippen molar-refractivity contribution in [1.82, 2.24) is 4.90 Å². The number of esters is 1. The van der Waals surface area contributed by atoms with Gasteiger partial charge in [-0.25, -0.2) is 8.78 Å². The van der Waals surface area contributed by atoms with Gasteiger partial charge in [0.05, 0.1) is 13.2 Å². The molecule has 2 atom stereocenters. The molecule has 1 N–H and O–H groups in total. The van der Waals surface area contributed by atoms with Crippen molar-refractivity contribution in [3.8, 4) is 0 Å². The average Bonchev–Trinajstić information content (AvgIpc) is 2.80. The lowest BCUT2D eigenvalue weighted by atomic mass is 10.1. The van der Waals surface area contributed by atoms with Crippen molar-refractivity contribution >= 4 is 5.97 Å². The van der Waals surface area contributed by atoms with Crippen molar-refractivity contribution in [2.24, 2.45) is 0 Å². The van der Waals surface area contributed by atoms with Crippen LogP contribution < -0.4 is 0 Å². The number of hydrogen-bond donors (Lipinski definition) is 1. The van der Waals surface area contributed by atoms with Crippen LogP contribution in [0.25, 0.3) is 0 Å². The summed E-state index contributed by atoms with van der Waals surface area (Å²) in [6.07, 6.45) is 0.242. The monoisotopic (exact) mass is 285 g/mol. The van der Waals surface area contributed by atoms with Gasteiger partial charge in [-0.2, -0.15) is 0 Å². The van der Waals surface area contributed by atoms with Crippen molar-refractivity contribution < 1.29 is 23.4 Å². The topological polar surface area (TPSA) is 49.8 Å². The molecule has 0 amide bonds. The Hall–Kier alpha value is -1.53. The first kappa shape index (κ1) is 14.9. The number of nitrogens with zero attached hydrogens (tertiary/aromatic N) is 1. The van der Waals surface area contributed by atoms with Crippen LogP contribution in [0, 0.1) is 11.6 Å². The quantitative estimate of drug-likeness (QED) is 0.842. The number of halogens is 2. The first-order chi connectivity index (χ1) is 9.51. The second-order valence-electron chi connectivity index (χ2n) is 4.92. The number of methoxy groups -OCH3 is 1. The molecule has 20 heavy (non-hydrogen) atoms. The second-order valence-corrected chi connectivity index (χ2v) is 4.92. The lowest BCUT2D eigenvalue weighted by Gasteiger charge is -2.21. The van der Waals surface area contributed by atoms with Gasteiger partial charge in [-0.3, -0.25) is 9.69 Å². The van der Waals surface area contributed by atoms with Crippen LogP contribution in [0.1, 0.15) is 12.0 Å². The molecule has 0 unspecified atom stereocenters. The van der Waals surface area contributed by atoms with E-state index in [4.69, 9.17) is 4.74 Å². The zero-order valence-corrected chi connectivity index (χ0v) is 11.2. The number of aliphatic hydroxyl groups excluding tert-OH is 1. The van der Waals surface area contributed by atoms with Gasteiger partial charge in [-0.15, -0.1) is 0 Å². The first-order valence-electron chi connectivity index (χ1n) is 6.45. The van der Waals surface area contributed by atoms with Crippen molar-refractivity contribution in [3.05, 3.63) is 35.4 Å². The zero-order chi connectivity index (χ0) is 14.7. The van der Waals surface area contributed by atoms with Crippen LogP contribution in [0.4, 0.5) is 8.78 Å². The van der Waals surface area contributed by atoms with E-state index in [0.717, 1.165) is 12.1 Å². The predicted molar refractivity (Wildman–Crippen MR) is 68.1 cm³/mol. The van der Waals surface area contributed by atoms with Gasteiger partial charge in [-0.05, 0) is 24.1 Å². The molecule has 1 aliphatic rings. The zero-order valence-electron chi connectivity index (χ0n) is 11.2. The maximum atomic E-state index is 13.1. The molecule has 2 rings (SSSR count). The number of benzene rings is 1. The van der Waals surface area contributed by atoms with Crippen LogP contribution in [-0.4, -0.2) is 48.3 Å². The highest BCUT2D eigenvalue weighted by molar-refractivity contribution is 5.76. The van der Waals surface area contributed by atoms with Crippen LogP contribution in [0.15, 0.2) is 18.2 Å². The van der Waals surface area contributed by atoms with Gasteiger partial charge in [0.2, 0.25) is 0 Å². The molecule has 1 saturated heterocycles. The minimum Gasteiger partial charge on any atom is -0.468 e. The summed E-state index contributed by atoms with van der Waals surface area (Å²) in [6, 6.07) is 3.27. The van der Waals surface area contributed by atoms with Gasteiger partial charge in [0, 0.05) is 19.5 Å². The minimum atomic E-state index is -0.881. The highest BCUT2D eigenvalue weighted by atomic mass is 19.2. The molecule has 0 spiro atoms. The van der Waals surface area contributed by atoms with Gasteiger partial charge < -0.3 is 9.84 Å². The SMILES string of the molecule is COC(=O)[C@H]1C[C@@H](O)CN1CCc1ccc(F)c(F)c1. The third-order valence-electron chi connectivity index (χ3n) is 3.53. The Bertz CT molecular complexity index is 495. The van der Waals surface area contributed by atoms with Crippen LogP contribution in [0.5, 0.6) is 0 Å². The second kappa shape index (κ2) is 6.28. The fourth-order valence-corrected chi connectivity index (χ4v) is 2.48. The molecule has 4 nitrogen and oxygen atoms in total. The summed E-state index contributed by atoms with van der Waals surface area (Å²) in [5.74, 6) is -2.14. The normalized spacial score (nSPS) is 23.0. The van der Waals surface area contributed by atoms with Crippen molar-refractivity contribution in [3.63, 3.8) is 0 Å². The third kappa shape index (κ3) is 3.32. The van der Waals surface area contributed by atoms with Gasteiger partial charge in [0.25, 0.3) is 0 Å². The number of ether oxygens (including phenoxy) is 1. The van der Waals surface area contributed by atoms with E-state index in [2.05, 4.69) is 0 Å². The minimum absolute atomic E-state index is 0.338. The van der Waals surface area contributed by atoms with E-state index in [-0.39, 0.29) is 5.97 Å². The first-order valence-corrected chi connectivity index (χ1v) is 6.45. The summed E-state index contributed by atoms with van der Waals surface area (Å²) in [4.78, 5) is 13.4. The molecule has 1 aliphatic heterocycles. The molecule has 1 aromatic carbocycles. The van der Waals surface area contributed by atoms with Gasteiger partial charge in [0.1, 0.15) is 6.04 Å². The maximum Gasteiger partial charge on any atom is 0.323 e. The Morgan fingerprint density at radius 3 is 2.85 bits per heavy atom. The van der Waals surface area contributed by atoms with E-state index in [9.17, 15) is 18.7 Å². The molecule has 0 bridgehead atoms. The Kier molecular flexibility index (Phi) is 4.67. The average molecular weight is 285 g/mol. The van der Waals surface area contributed by atoms with E-state index in [1.54, 1.807) is 4.90 Å². The summed E-state index contributed by atoms with van der Waals surface area (Å²) < 4.78 is 30.6. The third-order valence-corrected chi connectivity index (χ3v) is 3.53. The molecule has 1 heterocycles. The van der Waals surface area contributed by atoms with Crippen LogP contribution in [-0.2, 0) is 16.0 Å².